The predicted octanol–water partition coefficient (Wildman–Crippen LogP) is 2.69. The second-order valence-electron chi connectivity index (χ2n) is 8.84. The van der Waals surface area contributed by atoms with Gasteiger partial charge >= 0.3 is 5.97 Å². The average molecular weight is 496 g/mol. The van der Waals surface area contributed by atoms with Gasteiger partial charge < -0.3 is 24.1 Å². The van der Waals surface area contributed by atoms with E-state index in [1.807, 2.05) is 30.3 Å². The fraction of sp³-hybridized carbons (Fsp3) is 0.444. The fourth-order valence-electron chi connectivity index (χ4n) is 4.63. The number of nitrogens with one attached hydrogen (secondary N) is 1. The van der Waals surface area contributed by atoms with E-state index in [0.29, 0.717) is 36.8 Å². The first kappa shape index (κ1) is 25.7. The molecule has 192 valence electrons. The summed E-state index contributed by atoms with van der Waals surface area (Å²) in [6, 6.07) is 12.8. The number of benzene rings is 1. The molecule has 1 N–H and O–H groups in total. The lowest BCUT2D eigenvalue weighted by molar-refractivity contribution is -0.140. The van der Waals surface area contributed by atoms with Crippen LogP contribution in [0.3, 0.4) is 0 Å². The van der Waals surface area contributed by atoms with Gasteiger partial charge in [0.25, 0.3) is 5.91 Å². The van der Waals surface area contributed by atoms with Crippen molar-refractivity contribution in [1.29, 1.82) is 0 Å². The molecule has 0 aliphatic carbocycles. The van der Waals surface area contributed by atoms with Crippen LogP contribution in [0, 0.1) is 0 Å². The van der Waals surface area contributed by atoms with Crippen molar-refractivity contribution in [1.82, 2.24) is 15.1 Å². The topological polar surface area (TPSA) is 101 Å². The summed E-state index contributed by atoms with van der Waals surface area (Å²) in [6.07, 6.45) is 0.144. The molecule has 2 aromatic rings. The van der Waals surface area contributed by atoms with Crippen LogP contribution in [0.5, 0.6) is 0 Å². The highest BCUT2D eigenvalue weighted by atomic mass is 16.5. The van der Waals surface area contributed by atoms with Crippen LogP contribution in [0.1, 0.15) is 48.1 Å². The van der Waals surface area contributed by atoms with Crippen molar-refractivity contribution < 1.29 is 28.3 Å². The third kappa shape index (κ3) is 6.03. The number of carbonyl (C=O) groups is 3. The molecule has 1 aromatic carbocycles. The molecule has 2 aliphatic rings. The van der Waals surface area contributed by atoms with Crippen molar-refractivity contribution in [2.45, 2.75) is 32.7 Å². The van der Waals surface area contributed by atoms with E-state index in [2.05, 4.69) is 10.2 Å². The number of allylic oxidation sites excluding steroid dienone is 1. The molecule has 3 heterocycles. The van der Waals surface area contributed by atoms with E-state index >= 15 is 0 Å². The number of carbonyl (C=O) groups excluding carboxylic acids is 3. The third-order valence-electron chi connectivity index (χ3n) is 6.54. The van der Waals surface area contributed by atoms with E-state index in [1.54, 1.807) is 26.0 Å². The highest BCUT2D eigenvalue weighted by Gasteiger charge is 2.37. The highest BCUT2D eigenvalue weighted by Crippen LogP contribution is 2.37. The number of amides is 2. The Hall–Kier alpha value is -3.43. The van der Waals surface area contributed by atoms with Crippen LogP contribution in [0.4, 0.5) is 0 Å². The lowest BCUT2D eigenvalue weighted by atomic mass is 9.83. The van der Waals surface area contributed by atoms with Gasteiger partial charge in [-0.3, -0.25) is 14.5 Å². The highest BCUT2D eigenvalue weighted by molar-refractivity contribution is 5.96. The van der Waals surface area contributed by atoms with E-state index in [1.165, 1.54) is 4.90 Å². The van der Waals surface area contributed by atoms with Crippen LogP contribution in [0.15, 0.2) is 58.2 Å². The van der Waals surface area contributed by atoms with Crippen LogP contribution < -0.4 is 5.32 Å². The summed E-state index contributed by atoms with van der Waals surface area (Å²) in [5, 5.41) is 2.87. The zero-order chi connectivity index (χ0) is 25.5. The van der Waals surface area contributed by atoms with Crippen molar-refractivity contribution in [2.24, 2.45) is 0 Å². The molecule has 1 aromatic heterocycles. The Morgan fingerprint density at radius 2 is 1.86 bits per heavy atom. The van der Waals surface area contributed by atoms with Gasteiger partial charge in [-0.25, -0.2) is 4.79 Å². The van der Waals surface area contributed by atoms with Crippen LogP contribution in [-0.2, 0) is 25.6 Å². The van der Waals surface area contributed by atoms with Crippen LogP contribution in [0.25, 0.3) is 0 Å². The molecule has 36 heavy (non-hydrogen) atoms. The Bertz CT molecular complexity index is 1100. The first-order valence-corrected chi connectivity index (χ1v) is 12.4. The van der Waals surface area contributed by atoms with Gasteiger partial charge in [0.2, 0.25) is 5.91 Å². The molecule has 9 nitrogen and oxygen atoms in total. The quantitative estimate of drug-likeness (QED) is 0.534. The molecule has 1 fully saturated rings. The summed E-state index contributed by atoms with van der Waals surface area (Å²) in [5.41, 5.74) is 1.89. The minimum Gasteiger partial charge on any atom is -0.463 e. The van der Waals surface area contributed by atoms with Gasteiger partial charge in [-0.1, -0.05) is 30.3 Å². The van der Waals surface area contributed by atoms with E-state index in [9.17, 15) is 14.4 Å². The van der Waals surface area contributed by atoms with Gasteiger partial charge in [0.05, 0.1) is 31.9 Å². The summed E-state index contributed by atoms with van der Waals surface area (Å²) in [5.74, 6) is -0.585. The van der Waals surface area contributed by atoms with E-state index in [-0.39, 0.29) is 43.1 Å². The summed E-state index contributed by atoms with van der Waals surface area (Å²) in [4.78, 5) is 42.4. The van der Waals surface area contributed by atoms with Crippen LogP contribution in [-0.4, -0.2) is 73.6 Å². The van der Waals surface area contributed by atoms with Crippen molar-refractivity contribution in [3.8, 4) is 0 Å². The fourth-order valence-corrected chi connectivity index (χ4v) is 4.63. The van der Waals surface area contributed by atoms with Crippen molar-refractivity contribution in [3.63, 3.8) is 0 Å². The number of hydrogen-bond acceptors (Lipinski definition) is 7. The third-order valence-corrected chi connectivity index (χ3v) is 6.54. The Morgan fingerprint density at radius 3 is 2.58 bits per heavy atom. The van der Waals surface area contributed by atoms with E-state index in [4.69, 9.17) is 13.9 Å². The molecule has 1 saturated heterocycles. The molecule has 0 spiro atoms. The van der Waals surface area contributed by atoms with Crippen molar-refractivity contribution in [3.05, 3.63) is 70.8 Å². The Labute approximate surface area is 211 Å². The molecule has 2 amide bonds. The molecule has 1 atom stereocenters. The zero-order valence-electron chi connectivity index (χ0n) is 20.8. The van der Waals surface area contributed by atoms with E-state index < -0.39 is 5.97 Å². The van der Waals surface area contributed by atoms with E-state index in [0.717, 1.165) is 25.2 Å². The maximum Gasteiger partial charge on any atom is 0.336 e. The van der Waals surface area contributed by atoms with Gasteiger partial charge in [-0.15, -0.1) is 0 Å². The molecule has 0 radical (unpaired) electrons. The maximum absolute atomic E-state index is 13.2. The number of nitrogens with zero attached hydrogens (tertiary/aromatic N) is 2. The first-order chi connectivity index (χ1) is 17.5. The minimum absolute atomic E-state index is 0.121. The van der Waals surface area contributed by atoms with Crippen LogP contribution >= 0.6 is 0 Å². The van der Waals surface area contributed by atoms with Gasteiger partial charge in [0.15, 0.2) is 5.76 Å². The van der Waals surface area contributed by atoms with Crippen LogP contribution in [0.2, 0.25) is 0 Å². The maximum atomic E-state index is 13.2. The summed E-state index contributed by atoms with van der Waals surface area (Å²) < 4.78 is 16.4. The number of morpholine rings is 1. The van der Waals surface area contributed by atoms with Gasteiger partial charge in [0.1, 0.15) is 5.76 Å². The smallest absolute Gasteiger partial charge is 0.336 e. The molecule has 1 unspecified atom stereocenters. The lowest BCUT2D eigenvalue weighted by Gasteiger charge is -2.34. The van der Waals surface area contributed by atoms with Gasteiger partial charge in [0, 0.05) is 44.2 Å². The minimum atomic E-state index is -0.430. The lowest BCUT2D eigenvalue weighted by Crippen LogP contribution is -2.41. The molecule has 2 aliphatic heterocycles. The zero-order valence-corrected chi connectivity index (χ0v) is 20.8. The number of esters is 1. The SMILES string of the molecule is CCOC(=O)C1=C(C)N(Cc2ccc(C(=O)NCCN3CCOCC3)o2)C(=O)CC1c1ccccc1. The molecular formula is C27H33N3O6. The van der Waals surface area contributed by atoms with Crippen molar-refractivity contribution in [2.75, 3.05) is 46.0 Å². The summed E-state index contributed by atoms with van der Waals surface area (Å²) >= 11 is 0. The molecular weight excluding hydrogens is 462 g/mol. The number of furan rings is 1. The molecule has 9 heteroatoms. The number of ether oxygens (including phenoxy) is 2. The Morgan fingerprint density at radius 1 is 1.11 bits per heavy atom. The summed E-state index contributed by atoms with van der Waals surface area (Å²) in [7, 11) is 0. The number of hydrogen-bond donors (Lipinski definition) is 1. The Kier molecular flexibility index (Phi) is 8.56. The molecule has 0 bridgehead atoms. The normalized spacial score (nSPS) is 18.9. The monoisotopic (exact) mass is 495 g/mol. The molecule has 0 saturated carbocycles. The summed E-state index contributed by atoms with van der Waals surface area (Å²) in [6.45, 7) is 8.26. The second kappa shape index (κ2) is 12.0. The van der Waals surface area contributed by atoms with Crippen molar-refractivity contribution >= 4 is 17.8 Å². The standard InChI is InChI=1S/C27H33N3O6/c1-3-35-27(33)25-19(2)30(24(31)17-22(25)20-7-5-4-6-8-20)18-21-9-10-23(36-21)26(32)28-11-12-29-13-15-34-16-14-29/h4-10,22H,3,11-18H2,1-2H3,(H,28,32). The number of rotatable bonds is 9. The predicted molar refractivity (Wildman–Crippen MR) is 132 cm³/mol. The van der Waals surface area contributed by atoms with Gasteiger partial charge in [-0.05, 0) is 31.5 Å². The average Bonchev–Trinajstić information content (AvgIpc) is 3.36. The first-order valence-electron chi connectivity index (χ1n) is 12.4. The largest absolute Gasteiger partial charge is 0.463 e. The molecule has 4 rings (SSSR count). The van der Waals surface area contributed by atoms with Gasteiger partial charge in [-0.2, -0.15) is 0 Å². The second-order valence-corrected chi connectivity index (χ2v) is 8.84. The Balaban J connectivity index is 1.45.